The second-order valence-corrected chi connectivity index (χ2v) is 8.80. The highest BCUT2D eigenvalue weighted by Crippen LogP contribution is 2.52. The number of ether oxygens (including phenoxy) is 2. The average molecular weight is 486 g/mol. The molecule has 0 bridgehead atoms. The van der Waals surface area contributed by atoms with Gasteiger partial charge in [0.05, 0.1) is 16.0 Å². The van der Waals surface area contributed by atoms with Gasteiger partial charge in [-0.1, -0.05) is 29.8 Å². The maximum absolute atomic E-state index is 13.4. The number of halogens is 3. The van der Waals surface area contributed by atoms with E-state index in [0.29, 0.717) is 29.7 Å². The number of hydrogen-bond donors (Lipinski definition) is 2. The Hall–Kier alpha value is -3.65. The van der Waals surface area contributed by atoms with Crippen molar-refractivity contribution in [2.24, 2.45) is 0 Å². The smallest absolute Gasteiger partial charge is 0.478 e. The Labute approximate surface area is 198 Å². The van der Waals surface area contributed by atoms with Crippen molar-refractivity contribution in [3.05, 3.63) is 76.3 Å². The van der Waals surface area contributed by atoms with Crippen LogP contribution in [0.3, 0.4) is 0 Å². The van der Waals surface area contributed by atoms with Gasteiger partial charge in [0.1, 0.15) is 0 Å². The second-order valence-electron chi connectivity index (χ2n) is 8.39. The third-order valence-electron chi connectivity index (χ3n) is 6.14. The third-order valence-corrected chi connectivity index (χ3v) is 6.47. The van der Waals surface area contributed by atoms with Gasteiger partial charge in [0, 0.05) is 5.69 Å². The minimum Gasteiger partial charge on any atom is -0.478 e. The molecule has 9 heteroatoms. The SMILES string of the molecule is Cc1ccc(NC(=O)C2(c3ccc4c(c3)OC(F)(F)O4)CC2)cc1-c1ccc(Cl)c(C(=O)O)c1. The largest absolute Gasteiger partial charge is 0.586 e. The molecule has 2 aliphatic rings. The van der Waals surface area contributed by atoms with Crippen molar-refractivity contribution in [2.45, 2.75) is 31.5 Å². The molecule has 0 unspecified atom stereocenters. The molecule has 0 atom stereocenters. The van der Waals surface area contributed by atoms with E-state index >= 15 is 0 Å². The number of nitrogens with one attached hydrogen (secondary N) is 1. The maximum Gasteiger partial charge on any atom is 0.586 e. The molecule has 174 valence electrons. The van der Waals surface area contributed by atoms with Crippen molar-refractivity contribution in [2.75, 3.05) is 5.32 Å². The number of carbonyl (C=O) groups excluding carboxylic acids is 1. The molecule has 5 rings (SSSR count). The Morgan fingerprint density at radius 2 is 1.74 bits per heavy atom. The summed E-state index contributed by atoms with van der Waals surface area (Å²) in [5, 5.41) is 12.4. The Bertz CT molecular complexity index is 1350. The lowest BCUT2D eigenvalue weighted by atomic mass is 9.94. The first-order chi connectivity index (χ1) is 16.1. The topological polar surface area (TPSA) is 84.9 Å². The molecule has 34 heavy (non-hydrogen) atoms. The zero-order valence-corrected chi connectivity index (χ0v) is 18.6. The van der Waals surface area contributed by atoms with Crippen LogP contribution in [0.4, 0.5) is 14.5 Å². The molecule has 1 aliphatic heterocycles. The summed E-state index contributed by atoms with van der Waals surface area (Å²) in [6.07, 6.45) is -2.60. The van der Waals surface area contributed by atoms with Gasteiger partial charge >= 0.3 is 12.3 Å². The fourth-order valence-corrected chi connectivity index (χ4v) is 4.34. The Balaban J connectivity index is 1.41. The van der Waals surface area contributed by atoms with E-state index in [2.05, 4.69) is 14.8 Å². The number of rotatable bonds is 5. The summed E-state index contributed by atoms with van der Waals surface area (Å²) in [4.78, 5) is 24.7. The number of aryl methyl sites for hydroxylation is 1. The summed E-state index contributed by atoms with van der Waals surface area (Å²) < 4.78 is 35.7. The molecule has 0 aromatic heterocycles. The lowest BCUT2D eigenvalue weighted by Gasteiger charge is -2.17. The van der Waals surface area contributed by atoms with Gasteiger partial charge in [0.25, 0.3) is 0 Å². The molecular weight excluding hydrogens is 468 g/mol. The number of amides is 1. The second kappa shape index (κ2) is 7.70. The lowest BCUT2D eigenvalue weighted by Crippen LogP contribution is -2.28. The zero-order chi connectivity index (χ0) is 24.3. The highest BCUT2D eigenvalue weighted by Gasteiger charge is 2.52. The van der Waals surface area contributed by atoms with Crippen LogP contribution in [-0.2, 0) is 10.2 Å². The van der Waals surface area contributed by atoms with E-state index in [9.17, 15) is 23.5 Å². The number of carbonyl (C=O) groups is 2. The summed E-state index contributed by atoms with van der Waals surface area (Å²) in [5.74, 6) is -1.57. The Morgan fingerprint density at radius 1 is 1.00 bits per heavy atom. The highest BCUT2D eigenvalue weighted by molar-refractivity contribution is 6.33. The van der Waals surface area contributed by atoms with Crippen molar-refractivity contribution >= 4 is 29.2 Å². The van der Waals surface area contributed by atoms with E-state index in [1.165, 1.54) is 24.3 Å². The quantitative estimate of drug-likeness (QED) is 0.462. The van der Waals surface area contributed by atoms with Crippen molar-refractivity contribution in [1.82, 2.24) is 0 Å². The van der Waals surface area contributed by atoms with Crippen LogP contribution in [0.25, 0.3) is 11.1 Å². The normalized spacial score (nSPS) is 16.7. The molecule has 3 aromatic carbocycles. The summed E-state index contributed by atoms with van der Waals surface area (Å²) in [6, 6.07) is 14.5. The molecule has 3 aromatic rings. The van der Waals surface area contributed by atoms with Crippen LogP contribution in [0.5, 0.6) is 11.5 Å². The van der Waals surface area contributed by atoms with Crippen LogP contribution in [0, 0.1) is 6.92 Å². The van der Waals surface area contributed by atoms with Crippen LogP contribution >= 0.6 is 11.6 Å². The monoisotopic (exact) mass is 485 g/mol. The number of anilines is 1. The number of fused-ring (bicyclic) bond motifs is 1. The number of benzene rings is 3. The molecule has 1 aliphatic carbocycles. The third kappa shape index (κ3) is 3.84. The predicted molar refractivity (Wildman–Crippen MR) is 121 cm³/mol. The molecule has 1 heterocycles. The minimum absolute atomic E-state index is 0.0154. The summed E-state index contributed by atoms with van der Waals surface area (Å²) in [7, 11) is 0. The Morgan fingerprint density at radius 3 is 2.44 bits per heavy atom. The molecule has 1 fully saturated rings. The van der Waals surface area contributed by atoms with E-state index in [-0.39, 0.29) is 28.0 Å². The van der Waals surface area contributed by atoms with Crippen LogP contribution < -0.4 is 14.8 Å². The van der Waals surface area contributed by atoms with Gasteiger partial charge in [-0.2, -0.15) is 0 Å². The highest BCUT2D eigenvalue weighted by atomic mass is 35.5. The summed E-state index contributed by atoms with van der Waals surface area (Å²) in [6.45, 7) is 1.88. The summed E-state index contributed by atoms with van der Waals surface area (Å²) in [5.41, 5.74) is 2.50. The van der Waals surface area contributed by atoms with Gasteiger partial charge in [0.15, 0.2) is 11.5 Å². The molecule has 1 saturated carbocycles. The fraction of sp³-hybridized carbons (Fsp3) is 0.200. The molecule has 2 N–H and O–H groups in total. The van der Waals surface area contributed by atoms with E-state index in [1.807, 2.05) is 13.0 Å². The Kier molecular flexibility index (Phi) is 5.02. The van der Waals surface area contributed by atoms with Crippen LogP contribution in [0.1, 0.15) is 34.3 Å². The standard InChI is InChI=1S/C25H18ClF2NO5/c1-13-2-5-16(12-17(13)14-3-6-19(26)18(10-14)22(30)31)29-23(32)24(8-9-24)15-4-7-20-21(11-15)34-25(27,28)33-20/h2-7,10-12H,8-9H2,1H3,(H,29,32)(H,30,31). The first kappa shape index (κ1) is 22.2. The first-order valence-corrected chi connectivity index (χ1v) is 10.8. The molecule has 1 amide bonds. The minimum atomic E-state index is -3.72. The fourth-order valence-electron chi connectivity index (χ4n) is 4.14. The van der Waals surface area contributed by atoms with Gasteiger partial charge in [-0.15, -0.1) is 8.78 Å². The van der Waals surface area contributed by atoms with E-state index < -0.39 is 17.7 Å². The molecular formula is C25H18ClF2NO5. The van der Waals surface area contributed by atoms with Gasteiger partial charge in [-0.3, -0.25) is 4.79 Å². The van der Waals surface area contributed by atoms with Crippen molar-refractivity contribution in [3.8, 4) is 22.6 Å². The molecule has 0 saturated heterocycles. The molecule has 0 radical (unpaired) electrons. The number of carboxylic acids is 1. The van der Waals surface area contributed by atoms with Crippen LogP contribution in [0.2, 0.25) is 5.02 Å². The molecule has 0 spiro atoms. The van der Waals surface area contributed by atoms with Gasteiger partial charge in [0.2, 0.25) is 5.91 Å². The van der Waals surface area contributed by atoms with Gasteiger partial charge in [-0.05, 0) is 78.4 Å². The predicted octanol–water partition coefficient (Wildman–Crippen LogP) is 6.01. The lowest BCUT2D eigenvalue weighted by molar-refractivity contribution is -0.286. The van der Waals surface area contributed by atoms with Crippen molar-refractivity contribution in [3.63, 3.8) is 0 Å². The number of alkyl halides is 2. The van der Waals surface area contributed by atoms with Gasteiger partial charge < -0.3 is 19.9 Å². The van der Waals surface area contributed by atoms with E-state index in [1.54, 1.807) is 24.3 Å². The summed E-state index contributed by atoms with van der Waals surface area (Å²) >= 11 is 5.99. The van der Waals surface area contributed by atoms with E-state index in [4.69, 9.17) is 11.6 Å². The van der Waals surface area contributed by atoms with E-state index in [0.717, 1.165) is 11.1 Å². The molecule has 6 nitrogen and oxygen atoms in total. The van der Waals surface area contributed by atoms with Crippen LogP contribution in [-0.4, -0.2) is 23.3 Å². The number of hydrogen-bond acceptors (Lipinski definition) is 4. The van der Waals surface area contributed by atoms with Crippen molar-refractivity contribution in [1.29, 1.82) is 0 Å². The van der Waals surface area contributed by atoms with Crippen molar-refractivity contribution < 1.29 is 33.0 Å². The zero-order valence-electron chi connectivity index (χ0n) is 17.8. The maximum atomic E-state index is 13.4. The number of aromatic carboxylic acids is 1. The average Bonchev–Trinajstić information content (AvgIpc) is 3.52. The van der Waals surface area contributed by atoms with Crippen LogP contribution in [0.15, 0.2) is 54.6 Å². The van der Waals surface area contributed by atoms with Gasteiger partial charge in [-0.25, -0.2) is 4.79 Å². The number of carboxylic acid groups (broad SMARTS) is 1. The first-order valence-electron chi connectivity index (χ1n) is 10.4.